The molecule has 0 spiro atoms. The van der Waals surface area contributed by atoms with Crippen LogP contribution < -0.4 is 14.2 Å². The molecule has 2 aliphatic carbocycles. The van der Waals surface area contributed by atoms with E-state index in [1.807, 2.05) is 78.6 Å². The molecule has 7 rings (SSSR count). The van der Waals surface area contributed by atoms with Crippen LogP contribution in [0.3, 0.4) is 0 Å². The van der Waals surface area contributed by atoms with Gasteiger partial charge in [-0.1, -0.05) is 71.7 Å². The molecule has 13 heteroatoms. The van der Waals surface area contributed by atoms with Crippen LogP contribution in [0.4, 0.5) is 4.79 Å². The van der Waals surface area contributed by atoms with E-state index in [0.717, 1.165) is 66.3 Å². The number of nitrogens with zero attached hydrogens (tertiary/aromatic N) is 2. The van der Waals surface area contributed by atoms with Gasteiger partial charge < -0.3 is 38.6 Å². The Labute approximate surface area is 374 Å². The summed E-state index contributed by atoms with van der Waals surface area (Å²) in [5.41, 5.74) is 4.62. The standard InChI is InChI=1S/C49H56Cl2N2O9/c1-33-23-43(50)46(44(51)24-33)60-22-21-59-39-14-10-37(11-15-39)41-16-19-52(48(56)57)30-42(41)47(55)53(38-12-13-38)29-36-25-35(9-6-20-58-2)26-40(27-36)62-32-49(17-18-49)28-45(54)61-31-34-7-4-3-5-8-34/h3-5,7-8,10-11,14-15,23-27,38,41-42H,6,9,12-13,16-22,28-32H2,1-2H3,(H,56,57)/t41-,42+/m1/s1. The molecule has 330 valence electrons. The zero-order valence-electron chi connectivity index (χ0n) is 35.5. The van der Waals surface area contributed by atoms with Crippen LogP contribution >= 0.6 is 23.2 Å². The van der Waals surface area contributed by atoms with Gasteiger partial charge in [0.2, 0.25) is 5.91 Å². The van der Waals surface area contributed by atoms with Crippen molar-refractivity contribution in [2.45, 2.75) is 83.4 Å². The summed E-state index contributed by atoms with van der Waals surface area (Å²) in [6, 6.07) is 27.2. The van der Waals surface area contributed by atoms with Crippen LogP contribution in [0.15, 0.2) is 84.9 Å². The number of likely N-dealkylation sites (tertiary alicyclic amines) is 1. The molecule has 3 aliphatic rings. The number of hydrogen-bond donors (Lipinski definition) is 1. The fourth-order valence-electron chi connectivity index (χ4n) is 8.25. The number of ether oxygens (including phenoxy) is 5. The highest BCUT2D eigenvalue weighted by Crippen LogP contribution is 2.49. The Morgan fingerprint density at radius 2 is 1.53 bits per heavy atom. The number of rotatable bonds is 21. The summed E-state index contributed by atoms with van der Waals surface area (Å²) in [6.07, 6.45) is 4.94. The van der Waals surface area contributed by atoms with Crippen LogP contribution in [0.25, 0.3) is 0 Å². The van der Waals surface area contributed by atoms with Gasteiger partial charge in [0.05, 0.1) is 29.0 Å². The van der Waals surface area contributed by atoms with Gasteiger partial charge in [-0.25, -0.2) is 4.79 Å². The van der Waals surface area contributed by atoms with Crippen molar-refractivity contribution in [3.63, 3.8) is 0 Å². The molecule has 2 atom stereocenters. The molecular formula is C49H56Cl2N2O9. The first-order valence-electron chi connectivity index (χ1n) is 21.5. The van der Waals surface area contributed by atoms with Crippen molar-refractivity contribution in [2.24, 2.45) is 11.3 Å². The van der Waals surface area contributed by atoms with Crippen LogP contribution in [0.5, 0.6) is 17.2 Å². The number of piperidine rings is 1. The molecule has 3 fully saturated rings. The maximum atomic E-state index is 14.8. The lowest BCUT2D eigenvalue weighted by Gasteiger charge is -2.39. The van der Waals surface area contributed by atoms with Crippen molar-refractivity contribution < 1.29 is 43.2 Å². The monoisotopic (exact) mass is 886 g/mol. The Kier molecular flexibility index (Phi) is 15.2. The van der Waals surface area contributed by atoms with Crippen LogP contribution in [-0.4, -0.2) is 85.5 Å². The Balaban J connectivity index is 1.02. The van der Waals surface area contributed by atoms with E-state index < -0.39 is 12.0 Å². The lowest BCUT2D eigenvalue weighted by Crippen LogP contribution is -2.49. The van der Waals surface area contributed by atoms with E-state index in [4.69, 9.17) is 46.9 Å². The van der Waals surface area contributed by atoms with Gasteiger partial charge in [-0.15, -0.1) is 0 Å². The second kappa shape index (κ2) is 20.9. The smallest absolute Gasteiger partial charge is 0.407 e. The average Bonchev–Trinajstić information content (AvgIpc) is 4.22. The van der Waals surface area contributed by atoms with E-state index in [9.17, 15) is 19.5 Å². The normalized spacial score (nSPS) is 17.8. The van der Waals surface area contributed by atoms with Crippen molar-refractivity contribution in [2.75, 3.05) is 46.6 Å². The Morgan fingerprint density at radius 3 is 2.21 bits per heavy atom. The number of hydrogen-bond acceptors (Lipinski definition) is 8. The SMILES string of the molecule is COCCCc1cc(CN(C(=O)[C@H]2CN(C(=O)O)CC[C@@H]2c2ccc(OCCOc3c(Cl)cc(C)cc3Cl)cc2)C2CC2)cc(OCC2(CC(=O)OCc3ccccc3)CC2)c1. The molecule has 2 saturated carbocycles. The maximum absolute atomic E-state index is 14.8. The van der Waals surface area contributed by atoms with Crippen LogP contribution in [0, 0.1) is 18.3 Å². The fourth-order valence-corrected chi connectivity index (χ4v) is 8.95. The van der Waals surface area contributed by atoms with Crippen molar-refractivity contribution in [3.8, 4) is 17.2 Å². The van der Waals surface area contributed by atoms with E-state index in [-0.39, 0.29) is 55.6 Å². The maximum Gasteiger partial charge on any atom is 0.407 e. The predicted molar refractivity (Wildman–Crippen MR) is 237 cm³/mol. The van der Waals surface area contributed by atoms with Gasteiger partial charge in [0.1, 0.15) is 31.3 Å². The number of carboxylic acid groups (broad SMARTS) is 1. The second-order valence-electron chi connectivity index (χ2n) is 16.9. The summed E-state index contributed by atoms with van der Waals surface area (Å²) >= 11 is 12.6. The molecule has 0 aromatic heterocycles. The third kappa shape index (κ3) is 12.4. The number of aryl methyl sites for hydroxylation is 2. The minimum absolute atomic E-state index is 0.0486. The fraction of sp³-hybridized carbons (Fsp3) is 0.449. The van der Waals surface area contributed by atoms with Crippen LogP contribution in [-0.2, 0) is 38.6 Å². The molecule has 1 aliphatic heterocycles. The number of methoxy groups -OCH3 is 1. The Morgan fingerprint density at radius 1 is 0.823 bits per heavy atom. The van der Waals surface area contributed by atoms with Gasteiger partial charge in [-0.2, -0.15) is 0 Å². The van der Waals surface area contributed by atoms with E-state index >= 15 is 0 Å². The van der Waals surface area contributed by atoms with Crippen molar-refractivity contribution in [1.29, 1.82) is 0 Å². The molecule has 4 aromatic carbocycles. The van der Waals surface area contributed by atoms with E-state index in [1.165, 1.54) is 4.90 Å². The molecule has 62 heavy (non-hydrogen) atoms. The molecule has 0 unspecified atom stereocenters. The molecule has 0 radical (unpaired) electrons. The van der Waals surface area contributed by atoms with Gasteiger partial charge in [-0.05, 0) is 122 Å². The second-order valence-corrected chi connectivity index (χ2v) is 17.8. The third-order valence-electron chi connectivity index (χ3n) is 12.0. The highest BCUT2D eigenvalue weighted by atomic mass is 35.5. The number of benzene rings is 4. The molecule has 1 heterocycles. The lowest BCUT2D eigenvalue weighted by atomic mass is 9.79. The first kappa shape index (κ1) is 45.1. The zero-order valence-corrected chi connectivity index (χ0v) is 37.0. The first-order chi connectivity index (χ1) is 30.0. The molecule has 11 nitrogen and oxygen atoms in total. The Hall–Kier alpha value is -4.97. The number of halogens is 2. The minimum atomic E-state index is -1.03. The number of carbonyl (C=O) groups excluding carboxylic acids is 2. The summed E-state index contributed by atoms with van der Waals surface area (Å²) in [4.78, 5) is 43.2. The number of esters is 1. The Bertz CT molecular complexity index is 2140. The average molecular weight is 888 g/mol. The summed E-state index contributed by atoms with van der Waals surface area (Å²) < 4.78 is 29.2. The molecule has 1 saturated heterocycles. The topological polar surface area (TPSA) is 124 Å². The van der Waals surface area contributed by atoms with Gasteiger partial charge in [0.25, 0.3) is 0 Å². The van der Waals surface area contributed by atoms with E-state index in [1.54, 1.807) is 19.2 Å². The van der Waals surface area contributed by atoms with Gasteiger partial charge >= 0.3 is 12.1 Å². The third-order valence-corrected chi connectivity index (χ3v) is 12.5. The van der Waals surface area contributed by atoms with Crippen molar-refractivity contribution >= 4 is 41.2 Å². The summed E-state index contributed by atoms with van der Waals surface area (Å²) in [7, 11) is 1.69. The zero-order chi connectivity index (χ0) is 43.6. The highest BCUT2D eigenvalue weighted by Gasteiger charge is 2.46. The molecule has 2 amide bonds. The molecular weight excluding hydrogens is 831 g/mol. The number of amides is 2. The summed E-state index contributed by atoms with van der Waals surface area (Å²) in [5, 5.41) is 10.9. The van der Waals surface area contributed by atoms with Crippen LogP contribution in [0.1, 0.15) is 78.7 Å². The summed E-state index contributed by atoms with van der Waals surface area (Å²) in [5.74, 6) is 0.730. The quantitative estimate of drug-likeness (QED) is 0.0643. The lowest BCUT2D eigenvalue weighted by molar-refractivity contribution is -0.146. The van der Waals surface area contributed by atoms with Gasteiger partial charge in [-0.3, -0.25) is 9.59 Å². The van der Waals surface area contributed by atoms with Crippen molar-refractivity contribution in [3.05, 3.63) is 123 Å². The van der Waals surface area contributed by atoms with E-state index in [2.05, 4.69) is 6.07 Å². The van der Waals surface area contributed by atoms with Crippen molar-refractivity contribution in [1.82, 2.24) is 9.80 Å². The van der Waals surface area contributed by atoms with E-state index in [0.29, 0.717) is 66.4 Å². The summed E-state index contributed by atoms with van der Waals surface area (Å²) in [6.45, 7) is 4.49. The largest absolute Gasteiger partial charge is 0.493 e. The number of carbonyl (C=O) groups is 3. The molecule has 0 bridgehead atoms. The molecule has 1 N–H and O–H groups in total. The predicted octanol–water partition coefficient (Wildman–Crippen LogP) is 9.91. The van der Waals surface area contributed by atoms with Gasteiger partial charge in [0.15, 0.2) is 5.75 Å². The minimum Gasteiger partial charge on any atom is -0.493 e. The first-order valence-corrected chi connectivity index (χ1v) is 22.3. The van der Waals surface area contributed by atoms with Gasteiger partial charge in [0, 0.05) is 44.8 Å². The molecule has 4 aromatic rings. The van der Waals surface area contributed by atoms with Crippen LogP contribution in [0.2, 0.25) is 10.0 Å². The highest BCUT2D eigenvalue weighted by molar-refractivity contribution is 6.37.